The van der Waals surface area contributed by atoms with Crippen LogP contribution in [-0.4, -0.2) is 67.5 Å². The summed E-state index contributed by atoms with van der Waals surface area (Å²) in [5, 5.41) is 5.49. The van der Waals surface area contributed by atoms with Crippen molar-refractivity contribution in [3.05, 3.63) is 65.7 Å². The zero-order valence-electron chi connectivity index (χ0n) is 18.2. The highest BCUT2D eigenvalue weighted by molar-refractivity contribution is 5.85. The van der Waals surface area contributed by atoms with Gasteiger partial charge in [-0.05, 0) is 29.8 Å². The van der Waals surface area contributed by atoms with E-state index in [1.165, 1.54) is 5.56 Å². The number of likely N-dealkylation sites (N-methyl/N-ethyl adjacent to an activating group) is 1. The number of rotatable bonds is 10. The van der Waals surface area contributed by atoms with Crippen molar-refractivity contribution in [2.45, 2.75) is 20.0 Å². The summed E-state index contributed by atoms with van der Waals surface area (Å²) in [6.45, 7) is 8.77. The second-order valence-electron chi connectivity index (χ2n) is 7.63. The van der Waals surface area contributed by atoms with E-state index in [4.69, 9.17) is 4.74 Å². The lowest BCUT2D eigenvalue weighted by Crippen LogP contribution is -2.45. The van der Waals surface area contributed by atoms with E-state index in [-0.39, 0.29) is 25.0 Å². The van der Waals surface area contributed by atoms with Gasteiger partial charge in [0, 0.05) is 39.3 Å². The number of carbonyl (C=O) groups is 2. The molecule has 31 heavy (non-hydrogen) atoms. The van der Waals surface area contributed by atoms with Crippen LogP contribution in [0.1, 0.15) is 18.1 Å². The van der Waals surface area contributed by atoms with E-state index in [2.05, 4.69) is 33.4 Å². The fourth-order valence-electron chi connectivity index (χ4n) is 3.54. The van der Waals surface area contributed by atoms with Gasteiger partial charge in [-0.1, -0.05) is 49.4 Å². The average Bonchev–Trinajstić information content (AvgIpc) is 2.82. The van der Waals surface area contributed by atoms with E-state index >= 15 is 0 Å². The number of benzene rings is 2. The first-order valence-corrected chi connectivity index (χ1v) is 10.9. The number of para-hydroxylation sites is 1. The molecule has 0 aliphatic carbocycles. The normalized spacial score (nSPS) is 14.7. The molecule has 0 saturated carbocycles. The smallest absolute Gasteiger partial charge is 0.258 e. The van der Waals surface area contributed by atoms with Crippen LogP contribution in [0.3, 0.4) is 0 Å². The van der Waals surface area contributed by atoms with E-state index in [1.807, 2.05) is 36.4 Å². The molecule has 0 aromatic heterocycles. The number of hydrogen-bond donors (Lipinski definition) is 2. The SMILES string of the molecule is CCN1CCN(Cc2ccccc2CNC(=O)CNC(=O)COc2ccccc2)CC1. The summed E-state index contributed by atoms with van der Waals surface area (Å²) >= 11 is 0. The number of amides is 2. The first-order chi connectivity index (χ1) is 15.1. The van der Waals surface area contributed by atoms with Crippen LogP contribution in [-0.2, 0) is 22.7 Å². The van der Waals surface area contributed by atoms with Gasteiger partial charge in [-0.25, -0.2) is 0 Å². The Morgan fingerprint density at radius 3 is 2.19 bits per heavy atom. The third-order valence-corrected chi connectivity index (χ3v) is 5.46. The molecule has 2 N–H and O–H groups in total. The largest absolute Gasteiger partial charge is 0.484 e. The van der Waals surface area contributed by atoms with Crippen LogP contribution in [0.5, 0.6) is 5.75 Å². The Morgan fingerprint density at radius 1 is 0.839 bits per heavy atom. The fourth-order valence-corrected chi connectivity index (χ4v) is 3.54. The van der Waals surface area contributed by atoms with Gasteiger partial charge < -0.3 is 20.3 Å². The maximum atomic E-state index is 12.2. The monoisotopic (exact) mass is 424 g/mol. The number of nitrogens with one attached hydrogen (secondary N) is 2. The molecule has 1 aliphatic rings. The van der Waals surface area contributed by atoms with E-state index in [0.29, 0.717) is 12.3 Å². The van der Waals surface area contributed by atoms with Crippen molar-refractivity contribution in [1.29, 1.82) is 0 Å². The Kier molecular flexibility index (Phi) is 8.87. The summed E-state index contributed by atoms with van der Waals surface area (Å²) in [5.74, 6) is 0.0693. The second kappa shape index (κ2) is 12.1. The molecule has 1 fully saturated rings. The van der Waals surface area contributed by atoms with Gasteiger partial charge in [0.25, 0.3) is 5.91 Å². The number of piperazine rings is 1. The summed E-state index contributed by atoms with van der Waals surface area (Å²) in [6.07, 6.45) is 0. The minimum atomic E-state index is -0.328. The summed E-state index contributed by atoms with van der Waals surface area (Å²) in [4.78, 5) is 29.0. The van der Waals surface area contributed by atoms with Crippen LogP contribution in [0.4, 0.5) is 0 Å². The molecular weight excluding hydrogens is 392 g/mol. The lowest BCUT2D eigenvalue weighted by molar-refractivity contribution is -0.127. The first-order valence-electron chi connectivity index (χ1n) is 10.9. The minimum Gasteiger partial charge on any atom is -0.484 e. The summed E-state index contributed by atoms with van der Waals surface area (Å²) in [5.41, 5.74) is 2.33. The predicted molar refractivity (Wildman–Crippen MR) is 121 cm³/mol. The lowest BCUT2D eigenvalue weighted by atomic mass is 10.1. The van der Waals surface area contributed by atoms with Gasteiger partial charge in [0.1, 0.15) is 5.75 Å². The van der Waals surface area contributed by atoms with Crippen LogP contribution < -0.4 is 15.4 Å². The summed E-state index contributed by atoms with van der Waals surface area (Å²) in [6, 6.07) is 17.3. The lowest BCUT2D eigenvalue weighted by Gasteiger charge is -2.34. The van der Waals surface area contributed by atoms with E-state index in [0.717, 1.165) is 44.8 Å². The van der Waals surface area contributed by atoms with Gasteiger partial charge in [-0.3, -0.25) is 14.5 Å². The molecule has 2 amide bonds. The highest BCUT2D eigenvalue weighted by Crippen LogP contribution is 2.13. The molecule has 7 heteroatoms. The topological polar surface area (TPSA) is 73.9 Å². The third-order valence-electron chi connectivity index (χ3n) is 5.46. The van der Waals surface area contributed by atoms with Crippen LogP contribution >= 0.6 is 0 Å². The van der Waals surface area contributed by atoms with Crippen LogP contribution in [0.2, 0.25) is 0 Å². The van der Waals surface area contributed by atoms with Gasteiger partial charge >= 0.3 is 0 Å². The molecule has 1 heterocycles. The number of ether oxygens (including phenoxy) is 1. The van der Waals surface area contributed by atoms with Gasteiger partial charge in [0.2, 0.25) is 5.91 Å². The third kappa shape index (κ3) is 7.70. The summed E-state index contributed by atoms with van der Waals surface area (Å²) < 4.78 is 5.38. The van der Waals surface area contributed by atoms with Gasteiger partial charge in [0.15, 0.2) is 6.61 Å². The van der Waals surface area contributed by atoms with Crippen molar-refractivity contribution in [3.8, 4) is 5.75 Å². The number of hydrogen-bond acceptors (Lipinski definition) is 5. The molecule has 3 rings (SSSR count). The molecule has 0 radical (unpaired) electrons. The molecule has 1 saturated heterocycles. The van der Waals surface area contributed by atoms with Crippen molar-refractivity contribution in [2.75, 3.05) is 45.9 Å². The van der Waals surface area contributed by atoms with Crippen molar-refractivity contribution in [2.24, 2.45) is 0 Å². The average molecular weight is 425 g/mol. The zero-order valence-corrected chi connectivity index (χ0v) is 18.2. The molecule has 1 aliphatic heterocycles. The molecule has 2 aromatic carbocycles. The van der Waals surface area contributed by atoms with Gasteiger partial charge in [-0.15, -0.1) is 0 Å². The molecule has 7 nitrogen and oxygen atoms in total. The van der Waals surface area contributed by atoms with E-state index in [9.17, 15) is 9.59 Å². The van der Waals surface area contributed by atoms with Crippen LogP contribution in [0.25, 0.3) is 0 Å². The maximum Gasteiger partial charge on any atom is 0.258 e. The molecule has 2 aromatic rings. The summed E-state index contributed by atoms with van der Waals surface area (Å²) in [7, 11) is 0. The zero-order chi connectivity index (χ0) is 21.9. The quantitative estimate of drug-likeness (QED) is 0.607. The Hall–Kier alpha value is -2.90. The standard InChI is InChI=1S/C24H32N4O3/c1-2-27-12-14-28(15-13-27)18-21-9-7-6-8-20(21)16-25-23(29)17-26-24(30)19-31-22-10-4-3-5-11-22/h3-11H,2,12-19H2,1H3,(H,25,29)(H,26,30). The second-order valence-corrected chi connectivity index (χ2v) is 7.63. The van der Waals surface area contributed by atoms with Crippen molar-refractivity contribution < 1.29 is 14.3 Å². The van der Waals surface area contributed by atoms with E-state index < -0.39 is 0 Å². The van der Waals surface area contributed by atoms with E-state index in [1.54, 1.807) is 12.1 Å². The van der Waals surface area contributed by atoms with Crippen molar-refractivity contribution in [3.63, 3.8) is 0 Å². The van der Waals surface area contributed by atoms with Crippen molar-refractivity contribution >= 4 is 11.8 Å². The molecule has 0 atom stereocenters. The number of nitrogens with zero attached hydrogens (tertiary/aromatic N) is 2. The molecule has 166 valence electrons. The highest BCUT2D eigenvalue weighted by Gasteiger charge is 2.16. The molecule has 0 bridgehead atoms. The Balaban J connectivity index is 1.39. The highest BCUT2D eigenvalue weighted by atomic mass is 16.5. The Bertz CT molecular complexity index is 836. The van der Waals surface area contributed by atoms with Crippen LogP contribution in [0, 0.1) is 0 Å². The number of carbonyl (C=O) groups excluding carboxylic acids is 2. The predicted octanol–water partition coefficient (Wildman–Crippen LogP) is 1.64. The minimum absolute atomic E-state index is 0.0713. The van der Waals surface area contributed by atoms with Crippen LogP contribution in [0.15, 0.2) is 54.6 Å². The van der Waals surface area contributed by atoms with Crippen molar-refractivity contribution in [1.82, 2.24) is 20.4 Å². The maximum absolute atomic E-state index is 12.2. The Morgan fingerprint density at radius 2 is 1.48 bits per heavy atom. The molecule has 0 unspecified atom stereocenters. The first kappa shape index (κ1) is 22.8. The molecular formula is C24H32N4O3. The fraction of sp³-hybridized carbons (Fsp3) is 0.417. The Labute approximate surface area is 184 Å². The van der Waals surface area contributed by atoms with Gasteiger partial charge in [-0.2, -0.15) is 0 Å². The molecule has 0 spiro atoms. The van der Waals surface area contributed by atoms with Gasteiger partial charge in [0.05, 0.1) is 6.54 Å².